The quantitative estimate of drug-likeness (QED) is 0.175. The molecule has 0 saturated heterocycles. The number of nitrogens with zero attached hydrogens (tertiary/aromatic N) is 1. The second-order valence-corrected chi connectivity index (χ2v) is 8.20. The second kappa shape index (κ2) is 10.4. The number of carbonyl (C=O) groups is 2. The number of benzene rings is 2. The number of carbonyl (C=O) groups excluding carboxylic acids is 2. The van der Waals surface area contributed by atoms with E-state index in [0.717, 1.165) is 5.69 Å². The molecule has 0 bridgehead atoms. The standard InChI is InChI=1S/C10H12BrNO.C10H9NO4/c1-10(2,11)9(13)12-8-6-4-3-5-7-8;1-7(2)10(12)15-9-5-3-8(4-6-9)11(13)14/h3-7H,1-2H3,(H,12,13);3-6H,1H2,2H3. The van der Waals surface area contributed by atoms with Gasteiger partial charge in [0.15, 0.2) is 0 Å². The first-order chi connectivity index (χ1) is 13.0. The van der Waals surface area contributed by atoms with Gasteiger partial charge in [0, 0.05) is 23.4 Å². The third-order valence-electron chi connectivity index (χ3n) is 3.18. The number of nitrogens with one attached hydrogen (secondary N) is 1. The Bertz CT molecular complexity index is 843. The summed E-state index contributed by atoms with van der Waals surface area (Å²) in [7, 11) is 0. The van der Waals surface area contributed by atoms with E-state index in [4.69, 9.17) is 4.74 Å². The maximum Gasteiger partial charge on any atom is 0.338 e. The number of amides is 1. The summed E-state index contributed by atoms with van der Waals surface area (Å²) >= 11 is 3.29. The van der Waals surface area contributed by atoms with E-state index >= 15 is 0 Å². The summed E-state index contributed by atoms with van der Waals surface area (Å²) in [5.74, 6) is -0.337. The molecule has 0 saturated carbocycles. The van der Waals surface area contributed by atoms with Crippen LogP contribution in [0.1, 0.15) is 20.8 Å². The van der Waals surface area contributed by atoms with Gasteiger partial charge < -0.3 is 10.1 Å². The fourth-order valence-electron chi connectivity index (χ4n) is 1.63. The maximum absolute atomic E-state index is 11.5. The van der Waals surface area contributed by atoms with Gasteiger partial charge in [0.2, 0.25) is 5.91 Å². The lowest BCUT2D eigenvalue weighted by Gasteiger charge is -2.15. The average Bonchev–Trinajstić information content (AvgIpc) is 2.62. The van der Waals surface area contributed by atoms with E-state index < -0.39 is 15.2 Å². The zero-order valence-corrected chi connectivity index (χ0v) is 17.4. The Morgan fingerprint density at radius 3 is 2.07 bits per heavy atom. The number of alkyl halides is 1. The number of hydrogen-bond donors (Lipinski definition) is 1. The minimum atomic E-state index is -0.552. The Labute approximate surface area is 171 Å². The summed E-state index contributed by atoms with van der Waals surface area (Å²) in [6.45, 7) is 8.56. The van der Waals surface area contributed by atoms with Gasteiger partial charge in [-0.15, -0.1) is 0 Å². The van der Waals surface area contributed by atoms with E-state index in [1.807, 2.05) is 44.2 Å². The van der Waals surface area contributed by atoms with Crippen molar-refractivity contribution in [2.75, 3.05) is 5.32 Å². The van der Waals surface area contributed by atoms with Gasteiger partial charge in [0.1, 0.15) is 5.75 Å². The largest absolute Gasteiger partial charge is 0.423 e. The lowest BCUT2D eigenvalue weighted by molar-refractivity contribution is -0.384. The summed E-state index contributed by atoms with van der Waals surface area (Å²) < 4.78 is 4.32. The molecule has 0 atom stereocenters. The number of nitro groups is 1. The molecular formula is C20H21BrN2O5. The van der Waals surface area contributed by atoms with Gasteiger partial charge in [-0.1, -0.05) is 40.7 Å². The number of non-ortho nitro benzene ring substituents is 1. The van der Waals surface area contributed by atoms with Crippen molar-refractivity contribution >= 4 is 39.2 Å². The van der Waals surface area contributed by atoms with Crippen LogP contribution in [0.15, 0.2) is 66.7 Å². The van der Waals surface area contributed by atoms with Gasteiger partial charge in [0.05, 0.1) is 9.25 Å². The van der Waals surface area contributed by atoms with Crippen molar-refractivity contribution in [3.05, 3.63) is 76.9 Å². The number of hydrogen-bond acceptors (Lipinski definition) is 5. The van der Waals surface area contributed by atoms with Gasteiger partial charge >= 0.3 is 5.97 Å². The molecule has 8 heteroatoms. The predicted molar refractivity (Wildman–Crippen MR) is 112 cm³/mol. The molecule has 1 amide bonds. The lowest BCUT2D eigenvalue weighted by Crippen LogP contribution is -2.30. The molecule has 1 N–H and O–H groups in total. The summed E-state index contributed by atoms with van der Waals surface area (Å²) in [6.07, 6.45) is 0. The SMILES string of the molecule is C=C(C)C(=O)Oc1ccc([N+](=O)[O-])cc1.CC(C)(Br)C(=O)Nc1ccccc1. The molecule has 0 spiro atoms. The van der Waals surface area contributed by atoms with E-state index in [1.54, 1.807) is 0 Å². The first-order valence-corrected chi connectivity index (χ1v) is 8.97. The van der Waals surface area contributed by atoms with Crippen molar-refractivity contribution in [2.24, 2.45) is 0 Å². The zero-order valence-electron chi connectivity index (χ0n) is 15.8. The summed E-state index contributed by atoms with van der Waals surface area (Å²) in [5.41, 5.74) is 1.04. The Hall–Kier alpha value is -3.00. The molecule has 0 radical (unpaired) electrons. The van der Waals surface area contributed by atoms with Crippen LogP contribution >= 0.6 is 15.9 Å². The first-order valence-electron chi connectivity index (χ1n) is 8.18. The van der Waals surface area contributed by atoms with Gasteiger partial charge in [-0.05, 0) is 45.0 Å². The van der Waals surface area contributed by atoms with Crippen molar-refractivity contribution in [1.82, 2.24) is 0 Å². The van der Waals surface area contributed by atoms with Crippen molar-refractivity contribution in [3.63, 3.8) is 0 Å². The van der Waals surface area contributed by atoms with Crippen LogP contribution in [0.3, 0.4) is 0 Å². The topological polar surface area (TPSA) is 98.5 Å². The van der Waals surface area contributed by atoms with Gasteiger partial charge in [-0.25, -0.2) is 4.79 Å². The number of esters is 1. The molecule has 2 rings (SSSR count). The molecular weight excluding hydrogens is 428 g/mol. The normalized spacial score (nSPS) is 10.1. The highest BCUT2D eigenvalue weighted by molar-refractivity contribution is 9.10. The minimum absolute atomic E-state index is 0.0429. The highest BCUT2D eigenvalue weighted by Crippen LogP contribution is 2.19. The van der Waals surface area contributed by atoms with Crippen molar-refractivity contribution in [2.45, 2.75) is 25.1 Å². The van der Waals surface area contributed by atoms with Crippen molar-refractivity contribution in [3.8, 4) is 5.75 Å². The Morgan fingerprint density at radius 2 is 1.64 bits per heavy atom. The zero-order chi connectivity index (χ0) is 21.3. The van der Waals surface area contributed by atoms with Crippen LogP contribution in [0.2, 0.25) is 0 Å². The fourth-order valence-corrected chi connectivity index (χ4v) is 1.73. The third kappa shape index (κ3) is 8.13. The maximum atomic E-state index is 11.5. The van der Waals surface area contributed by atoms with Crippen molar-refractivity contribution < 1.29 is 19.2 Å². The highest BCUT2D eigenvalue weighted by Gasteiger charge is 2.23. The van der Waals surface area contributed by atoms with Gasteiger partial charge in [0.25, 0.3) is 5.69 Å². The van der Waals surface area contributed by atoms with Crippen LogP contribution in [0, 0.1) is 10.1 Å². The molecule has 0 unspecified atom stereocenters. The summed E-state index contributed by atoms with van der Waals surface area (Å²) in [4.78, 5) is 32.4. The van der Waals surface area contributed by atoms with Crippen LogP contribution in [-0.4, -0.2) is 21.1 Å². The fraction of sp³-hybridized carbons (Fsp3) is 0.200. The second-order valence-electron chi connectivity index (χ2n) is 6.21. The van der Waals surface area contributed by atoms with Gasteiger partial charge in [-0.3, -0.25) is 14.9 Å². The number of nitro benzene ring substituents is 1. The average molecular weight is 449 g/mol. The highest BCUT2D eigenvalue weighted by atomic mass is 79.9. The molecule has 0 heterocycles. The molecule has 7 nitrogen and oxygen atoms in total. The molecule has 0 aliphatic heterocycles. The molecule has 148 valence electrons. The smallest absolute Gasteiger partial charge is 0.338 e. The van der Waals surface area contributed by atoms with Crippen molar-refractivity contribution in [1.29, 1.82) is 0 Å². The van der Waals surface area contributed by atoms with Crippen LogP contribution in [0.5, 0.6) is 5.75 Å². The molecule has 0 fully saturated rings. The third-order valence-corrected chi connectivity index (χ3v) is 3.54. The van der Waals surface area contributed by atoms with E-state index in [9.17, 15) is 19.7 Å². The van der Waals surface area contributed by atoms with Gasteiger partial charge in [-0.2, -0.15) is 0 Å². The summed E-state index contributed by atoms with van der Waals surface area (Å²) in [6, 6.07) is 14.6. The predicted octanol–water partition coefficient (Wildman–Crippen LogP) is 4.87. The van der Waals surface area contributed by atoms with E-state index in [0.29, 0.717) is 0 Å². The number of rotatable bonds is 5. The van der Waals surface area contributed by atoms with E-state index in [-0.39, 0.29) is 22.9 Å². The Kier molecular flexibility index (Phi) is 8.53. The molecule has 28 heavy (non-hydrogen) atoms. The van der Waals surface area contributed by atoms with Crippen LogP contribution < -0.4 is 10.1 Å². The number of halogens is 1. The Morgan fingerprint density at radius 1 is 1.11 bits per heavy atom. The number of para-hydroxylation sites is 1. The lowest BCUT2D eigenvalue weighted by atomic mass is 10.2. The molecule has 0 aromatic heterocycles. The van der Waals surface area contributed by atoms with Crippen LogP contribution in [-0.2, 0) is 9.59 Å². The monoisotopic (exact) mass is 448 g/mol. The first kappa shape index (κ1) is 23.0. The number of ether oxygens (including phenoxy) is 1. The van der Waals surface area contributed by atoms with E-state index in [2.05, 4.69) is 27.8 Å². The van der Waals surface area contributed by atoms with E-state index in [1.165, 1.54) is 31.2 Å². The molecule has 2 aromatic rings. The summed E-state index contributed by atoms with van der Waals surface area (Å²) in [5, 5.41) is 13.1. The van der Waals surface area contributed by atoms with Crippen LogP contribution in [0.25, 0.3) is 0 Å². The molecule has 2 aromatic carbocycles. The Balaban J connectivity index is 0.000000283. The molecule has 0 aliphatic carbocycles. The minimum Gasteiger partial charge on any atom is -0.423 e. The van der Waals surface area contributed by atoms with Crippen LogP contribution in [0.4, 0.5) is 11.4 Å². The number of anilines is 1. The molecule has 0 aliphatic rings.